The number of amides is 1. The smallest absolute Gasteiger partial charge is 0.305 e. The summed E-state index contributed by atoms with van der Waals surface area (Å²) in [6.45, 7) is -0.0496. The lowest BCUT2D eigenvalue weighted by Gasteiger charge is -2.40. The maximum Gasteiger partial charge on any atom is 0.305 e. The minimum absolute atomic E-state index is 0.0496. The van der Waals surface area contributed by atoms with Crippen molar-refractivity contribution in [1.82, 2.24) is 5.32 Å². The van der Waals surface area contributed by atoms with Gasteiger partial charge < -0.3 is 10.4 Å². The van der Waals surface area contributed by atoms with Gasteiger partial charge in [-0.1, -0.05) is 12.5 Å². The highest BCUT2D eigenvalue weighted by molar-refractivity contribution is 5.89. The number of carboxylic acid groups (broad SMARTS) is 1. The van der Waals surface area contributed by atoms with E-state index in [1.807, 2.05) is 0 Å². The molecule has 1 aliphatic rings. The topological polar surface area (TPSA) is 66.4 Å². The Morgan fingerprint density at radius 1 is 1.25 bits per heavy atom. The van der Waals surface area contributed by atoms with Crippen LogP contribution in [0.3, 0.4) is 0 Å². The largest absolute Gasteiger partial charge is 0.481 e. The van der Waals surface area contributed by atoms with E-state index in [9.17, 15) is 18.4 Å². The molecule has 0 radical (unpaired) electrons. The molecule has 1 amide bonds. The van der Waals surface area contributed by atoms with Crippen LogP contribution in [0.15, 0.2) is 18.2 Å². The van der Waals surface area contributed by atoms with Crippen molar-refractivity contribution in [1.29, 1.82) is 0 Å². The van der Waals surface area contributed by atoms with Crippen LogP contribution >= 0.6 is 0 Å². The third kappa shape index (κ3) is 2.50. The molecule has 1 aromatic rings. The molecule has 0 saturated heterocycles. The molecule has 4 nitrogen and oxygen atoms in total. The van der Waals surface area contributed by atoms with Crippen LogP contribution in [-0.4, -0.2) is 23.5 Å². The third-order valence-electron chi connectivity index (χ3n) is 3.71. The van der Waals surface area contributed by atoms with Crippen LogP contribution in [0.4, 0.5) is 8.78 Å². The van der Waals surface area contributed by atoms with Crippen LogP contribution in [0.25, 0.3) is 0 Å². The molecule has 2 rings (SSSR count). The lowest BCUT2D eigenvalue weighted by molar-refractivity contribution is -0.137. The Kier molecular flexibility index (Phi) is 4.01. The molecular weight excluding hydrogens is 268 g/mol. The molecule has 1 aromatic carbocycles. The minimum atomic E-state index is -1.20. The Morgan fingerprint density at radius 3 is 2.30 bits per heavy atom. The van der Waals surface area contributed by atoms with E-state index in [0.717, 1.165) is 12.1 Å². The maximum absolute atomic E-state index is 13.9. The molecule has 6 heteroatoms. The summed E-state index contributed by atoms with van der Waals surface area (Å²) >= 11 is 0. The summed E-state index contributed by atoms with van der Waals surface area (Å²) in [4.78, 5) is 22.6. The number of rotatable bonds is 5. The monoisotopic (exact) mass is 283 g/mol. The molecule has 0 atom stereocenters. The van der Waals surface area contributed by atoms with Crippen LogP contribution in [0, 0.1) is 11.6 Å². The van der Waals surface area contributed by atoms with Crippen LogP contribution in [0.5, 0.6) is 0 Å². The molecule has 0 heterocycles. The summed E-state index contributed by atoms with van der Waals surface area (Å²) in [5, 5.41) is 11.0. The number of carboxylic acids is 1. The summed E-state index contributed by atoms with van der Waals surface area (Å²) in [7, 11) is 0. The second-order valence-electron chi connectivity index (χ2n) is 4.93. The van der Waals surface area contributed by atoms with Gasteiger partial charge in [0.15, 0.2) is 0 Å². The lowest BCUT2D eigenvalue weighted by Crippen LogP contribution is -2.50. The lowest BCUT2D eigenvalue weighted by atomic mass is 9.63. The standard InChI is InChI=1S/C14H15F2NO3/c15-9-3-1-4-10(16)12(9)14(6-2-7-14)13(20)17-8-5-11(18)19/h1,3-4H,2,5-8H2,(H,17,20)(H,18,19). The van der Waals surface area contributed by atoms with E-state index in [2.05, 4.69) is 5.32 Å². The van der Waals surface area contributed by atoms with Crippen molar-refractivity contribution in [2.24, 2.45) is 0 Å². The van der Waals surface area contributed by atoms with Crippen molar-refractivity contribution < 1.29 is 23.5 Å². The predicted molar refractivity (Wildman–Crippen MR) is 67.1 cm³/mol. The van der Waals surface area contributed by atoms with Gasteiger partial charge in [0, 0.05) is 12.1 Å². The van der Waals surface area contributed by atoms with E-state index < -0.39 is 28.9 Å². The van der Waals surface area contributed by atoms with E-state index >= 15 is 0 Å². The zero-order valence-corrected chi connectivity index (χ0v) is 10.8. The number of hydrogen-bond donors (Lipinski definition) is 2. The van der Waals surface area contributed by atoms with Crippen LogP contribution < -0.4 is 5.32 Å². The van der Waals surface area contributed by atoms with Gasteiger partial charge in [-0.05, 0) is 25.0 Å². The van der Waals surface area contributed by atoms with E-state index in [4.69, 9.17) is 5.11 Å². The van der Waals surface area contributed by atoms with Crippen molar-refractivity contribution in [3.63, 3.8) is 0 Å². The van der Waals surface area contributed by atoms with Gasteiger partial charge >= 0.3 is 5.97 Å². The Labute approximate surface area is 114 Å². The molecular formula is C14H15F2NO3. The quantitative estimate of drug-likeness (QED) is 0.868. The Hall–Kier alpha value is -1.98. The molecule has 108 valence electrons. The second kappa shape index (κ2) is 5.56. The molecule has 2 N–H and O–H groups in total. The Bertz CT molecular complexity index is 521. The van der Waals surface area contributed by atoms with Crippen LogP contribution in [0.1, 0.15) is 31.2 Å². The second-order valence-corrected chi connectivity index (χ2v) is 4.93. The molecule has 0 aromatic heterocycles. The van der Waals surface area contributed by atoms with Gasteiger partial charge in [-0.2, -0.15) is 0 Å². The van der Waals surface area contributed by atoms with E-state index in [0.29, 0.717) is 19.3 Å². The number of aliphatic carboxylic acids is 1. The average molecular weight is 283 g/mol. The van der Waals surface area contributed by atoms with Gasteiger partial charge in [-0.15, -0.1) is 0 Å². The molecule has 0 unspecified atom stereocenters. The SMILES string of the molecule is O=C(O)CCNC(=O)C1(c2c(F)cccc2F)CCC1. The average Bonchev–Trinajstić information content (AvgIpc) is 2.31. The van der Waals surface area contributed by atoms with E-state index in [1.165, 1.54) is 6.07 Å². The summed E-state index contributed by atoms with van der Waals surface area (Å²) in [6.07, 6.45) is 1.22. The van der Waals surface area contributed by atoms with Crippen molar-refractivity contribution in [3.05, 3.63) is 35.4 Å². The third-order valence-corrected chi connectivity index (χ3v) is 3.71. The number of carbonyl (C=O) groups excluding carboxylic acids is 1. The van der Waals surface area contributed by atoms with Crippen molar-refractivity contribution in [2.45, 2.75) is 31.1 Å². The molecule has 20 heavy (non-hydrogen) atoms. The molecule has 0 bridgehead atoms. The fourth-order valence-corrected chi connectivity index (χ4v) is 2.53. The van der Waals surface area contributed by atoms with Crippen molar-refractivity contribution in [2.75, 3.05) is 6.54 Å². The van der Waals surface area contributed by atoms with E-state index in [1.54, 1.807) is 0 Å². The molecule has 0 aliphatic heterocycles. The molecule has 1 fully saturated rings. The fraction of sp³-hybridized carbons (Fsp3) is 0.429. The number of carbonyl (C=O) groups is 2. The first-order valence-electron chi connectivity index (χ1n) is 6.42. The fourth-order valence-electron chi connectivity index (χ4n) is 2.53. The summed E-state index contributed by atoms with van der Waals surface area (Å²) in [5.41, 5.74) is -1.41. The molecule has 0 spiro atoms. The highest BCUT2D eigenvalue weighted by Gasteiger charge is 2.48. The Morgan fingerprint density at radius 2 is 1.85 bits per heavy atom. The van der Waals surface area contributed by atoms with Gasteiger partial charge in [0.25, 0.3) is 0 Å². The van der Waals surface area contributed by atoms with Gasteiger partial charge in [0.1, 0.15) is 11.6 Å². The number of hydrogen-bond acceptors (Lipinski definition) is 2. The van der Waals surface area contributed by atoms with Crippen molar-refractivity contribution >= 4 is 11.9 Å². The predicted octanol–water partition coefficient (Wildman–Crippen LogP) is 1.98. The van der Waals surface area contributed by atoms with Gasteiger partial charge in [-0.3, -0.25) is 9.59 Å². The number of halogens is 2. The Balaban J connectivity index is 2.21. The van der Waals surface area contributed by atoms with Crippen molar-refractivity contribution in [3.8, 4) is 0 Å². The summed E-state index contributed by atoms with van der Waals surface area (Å²) < 4.78 is 27.7. The number of benzene rings is 1. The van der Waals surface area contributed by atoms with Crippen LogP contribution in [-0.2, 0) is 15.0 Å². The minimum Gasteiger partial charge on any atom is -0.481 e. The van der Waals surface area contributed by atoms with Gasteiger partial charge in [0.05, 0.1) is 11.8 Å². The van der Waals surface area contributed by atoms with E-state index in [-0.39, 0.29) is 18.5 Å². The highest BCUT2D eigenvalue weighted by Crippen LogP contribution is 2.45. The van der Waals surface area contributed by atoms with Gasteiger partial charge in [0.2, 0.25) is 5.91 Å². The molecule has 1 aliphatic carbocycles. The maximum atomic E-state index is 13.9. The molecule has 1 saturated carbocycles. The first-order valence-corrected chi connectivity index (χ1v) is 6.42. The summed E-state index contributed by atoms with van der Waals surface area (Å²) in [6, 6.07) is 3.51. The normalized spacial score (nSPS) is 16.3. The summed E-state index contributed by atoms with van der Waals surface area (Å²) in [5.74, 6) is -3.02. The zero-order chi connectivity index (χ0) is 14.8. The van der Waals surface area contributed by atoms with Crippen LogP contribution in [0.2, 0.25) is 0 Å². The number of nitrogens with one attached hydrogen (secondary N) is 1. The zero-order valence-electron chi connectivity index (χ0n) is 10.8. The first-order chi connectivity index (χ1) is 9.47. The highest BCUT2D eigenvalue weighted by atomic mass is 19.1. The van der Waals surface area contributed by atoms with Gasteiger partial charge in [-0.25, -0.2) is 8.78 Å². The first kappa shape index (κ1) is 14.4.